The first-order chi connectivity index (χ1) is 13.7. The molecule has 6 heteroatoms. The van der Waals surface area contributed by atoms with Gasteiger partial charge in [-0.25, -0.2) is 4.98 Å². The number of benzene rings is 2. The van der Waals surface area contributed by atoms with Crippen LogP contribution in [0.5, 0.6) is 11.5 Å². The predicted octanol–water partition coefficient (Wildman–Crippen LogP) is 3.58. The Balaban J connectivity index is 1.58. The van der Waals surface area contributed by atoms with Crippen molar-refractivity contribution in [3.8, 4) is 11.5 Å². The van der Waals surface area contributed by atoms with Gasteiger partial charge in [0.05, 0.1) is 24.8 Å². The van der Waals surface area contributed by atoms with Crippen LogP contribution in [0.15, 0.2) is 48.5 Å². The summed E-state index contributed by atoms with van der Waals surface area (Å²) in [7, 11) is 1.65. The molecule has 1 N–H and O–H groups in total. The number of aromatic nitrogens is 2. The third kappa shape index (κ3) is 5.25. The summed E-state index contributed by atoms with van der Waals surface area (Å²) in [6, 6.07) is 15.8. The number of rotatable bonds is 10. The van der Waals surface area contributed by atoms with Crippen LogP contribution in [0.25, 0.3) is 11.0 Å². The van der Waals surface area contributed by atoms with Gasteiger partial charge >= 0.3 is 0 Å². The van der Waals surface area contributed by atoms with Crippen LogP contribution in [0.2, 0.25) is 0 Å². The minimum absolute atomic E-state index is 0.00387. The highest BCUT2D eigenvalue weighted by Crippen LogP contribution is 2.19. The fourth-order valence-corrected chi connectivity index (χ4v) is 3.16. The molecule has 0 fully saturated rings. The van der Waals surface area contributed by atoms with Crippen molar-refractivity contribution < 1.29 is 14.3 Å². The number of imidazole rings is 1. The molecule has 1 amide bonds. The molecule has 0 spiro atoms. The number of carbonyl (C=O) groups excluding carboxylic acids is 1. The Morgan fingerprint density at radius 2 is 1.82 bits per heavy atom. The van der Waals surface area contributed by atoms with Gasteiger partial charge in [0.1, 0.15) is 17.3 Å². The van der Waals surface area contributed by atoms with E-state index in [4.69, 9.17) is 14.5 Å². The molecule has 1 aromatic heterocycles. The van der Waals surface area contributed by atoms with Crippen LogP contribution in [0.4, 0.5) is 0 Å². The van der Waals surface area contributed by atoms with E-state index in [0.717, 1.165) is 54.2 Å². The summed E-state index contributed by atoms with van der Waals surface area (Å²) in [4.78, 5) is 15.8. The van der Waals surface area contributed by atoms with E-state index in [9.17, 15) is 4.79 Å². The Kier molecular flexibility index (Phi) is 6.89. The Bertz CT molecular complexity index is 903. The number of carbonyl (C=O) groups is 1. The fourth-order valence-electron chi connectivity index (χ4n) is 3.16. The Morgan fingerprint density at radius 1 is 1.07 bits per heavy atom. The average Bonchev–Trinajstić information content (AvgIpc) is 3.06. The van der Waals surface area contributed by atoms with Gasteiger partial charge in [-0.2, -0.15) is 0 Å². The van der Waals surface area contributed by atoms with Crippen LogP contribution in [0.3, 0.4) is 0 Å². The lowest BCUT2D eigenvalue weighted by molar-refractivity contribution is -0.118. The van der Waals surface area contributed by atoms with Crippen LogP contribution in [0.1, 0.15) is 25.6 Å². The van der Waals surface area contributed by atoms with Gasteiger partial charge in [-0.05, 0) is 49.2 Å². The summed E-state index contributed by atoms with van der Waals surface area (Å²) in [6.45, 7) is 3.67. The van der Waals surface area contributed by atoms with Crippen LogP contribution in [0, 0.1) is 0 Å². The van der Waals surface area contributed by atoms with E-state index in [-0.39, 0.29) is 5.91 Å². The van der Waals surface area contributed by atoms with Gasteiger partial charge in [0.15, 0.2) is 0 Å². The van der Waals surface area contributed by atoms with E-state index >= 15 is 0 Å². The molecule has 0 aliphatic carbocycles. The van der Waals surface area contributed by atoms with E-state index < -0.39 is 0 Å². The minimum atomic E-state index is 0.00387. The molecule has 3 aromatic rings. The van der Waals surface area contributed by atoms with Crippen LogP contribution in [-0.4, -0.2) is 35.7 Å². The van der Waals surface area contributed by atoms with Crippen molar-refractivity contribution in [2.75, 3.05) is 20.3 Å². The van der Waals surface area contributed by atoms with Gasteiger partial charge in [-0.3, -0.25) is 4.79 Å². The second kappa shape index (κ2) is 9.78. The van der Waals surface area contributed by atoms with Crippen molar-refractivity contribution in [3.05, 3.63) is 54.4 Å². The number of hydrogen-bond donors (Lipinski definition) is 1. The third-order valence-corrected chi connectivity index (χ3v) is 4.54. The first kappa shape index (κ1) is 19.7. The zero-order valence-electron chi connectivity index (χ0n) is 16.5. The van der Waals surface area contributed by atoms with Crippen molar-refractivity contribution in [1.29, 1.82) is 0 Å². The second-order valence-corrected chi connectivity index (χ2v) is 6.63. The zero-order valence-corrected chi connectivity index (χ0v) is 16.5. The SMILES string of the molecule is COc1ccc(OCCCn2c(CCCNC(C)=O)nc3ccccc32)cc1. The molecule has 6 nitrogen and oxygen atoms in total. The smallest absolute Gasteiger partial charge is 0.216 e. The molecule has 0 saturated heterocycles. The molecule has 1 heterocycles. The summed E-state index contributed by atoms with van der Waals surface area (Å²) < 4.78 is 13.3. The Hall–Kier alpha value is -3.02. The molecule has 3 rings (SSSR count). The van der Waals surface area contributed by atoms with Crippen molar-refractivity contribution in [2.45, 2.75) is 32.7 Å². The number of methoxy groups -OCH3 is 1. The number of para-hydroxylation sites is 2. The molecule has 0 radical (unpaired) electrons. The molecule has 148 valence electrons. The fraction of sp³-hybridized carbons (Fsp3) is 0.364. The predicted molar refractivity (Wildman–Crippen MR) is 110 cm³/mol. The average molecular weight is 381 g/mol. The number of amides is 1. The maximum Gasteiger partial charge on any atom is 0.216 e. The largest absolute Gasteiger partial charge is 0.497 e. The highest BCUT2D eigenvalue weighted by Gasteiger charge is 2.10. The van der Waals surface area contributed by atoms with E-state index in [1.165, 1.54) is 6.92 Å². The maximum absolute atomic E-state index is 11.0. The van der Waals surface area contributed by atoms with Gasteiger partial charge in [0.2, 0.25) is 5.91 Å². The molecule has 0 atom stereocenters. The van der Waals surface area contributed by atoms with Crippen LogP contribution < -0.4 is 14.8 Å². The third-order valence-electron chi connectivity index (χ3n) is 4.54. The molecular formula is C22H27N3O3. The monoisotopic (exact) mass is 381 g/mol. The van der Waals surface area contributed by atoms with Gasteiger partial charge in [0.25, 0.3) is 0 Å². The van der Waals surface area contributed by atoms with Crippen molar-refractivity contribution in [2.24, 2.45) is 0 Å². The van der Waals surface area contributed by atoms with Crippen molar-refractivity contribution in [3.63, 3.8) is 0 Å². The van der Waals surface area contributed by atoms with Crippen LogP contribution in [-0.2, 0) is 17.8 Å². The molecule has 28 heavy (non-hydrogen) atoms. The molecule has 0 aliphatic rings. The molecule has 0 aliphatic heterocycles. The quantitative estimate of drug-likeness (QED) is 0.545. The molecule has 0 unspecified atom stereocenters. The summed E-state index contributed by atoms with van der Waals surface area (Å²) in [5, 5.41) is 2.84. The first-order valence-electron chi connectivity index (χ1n) is 9.63. The minimum Gasteiger partial charge on any atom is -0.497 e. The topological polar surface area (TPSA) is 65.4 Å². The number of aryl methyl sites for hydroxylation is 2. The number of nitrogens with zero attached hydrogens (tertiary/aromatic N) is 2. The normalized spacial score (nSPS) is 10.8. The van der Waals surface area contributed by atoms with E-state index in [1.807, 2.05) is 42.5 Å². The van der Waals surface area contributed by atoms with Gasteiger partial charge in [0, 0.05) is 26.4 Å². The van der Waals surface area contributed by atoms with E-state index in [1.54, 1.807) is 7.11 Å². The van der Waals surface area contributed by atoms with Crippen LogP contribution >= 0.6 is 0 Å². The van der Waals surface area contributed by atoms with E-state index in [2.05, 4.69) is 16.0 Å². The number of ether oxygens (including phenoxy) is 2. The lowest BCUT2D eigenvalue weighted by atomic mass is 10.3. The zero-order chi connectivity index (χ0) is 19.8. The Labute approximate surface area is 165 Å². The first-order valence-corrected chi connectivity index (χ1v) is 9.63. The lowest BCUT2D eigenvalue weighted by Crippen LogP contribution is -2.21. The number of fused-ring (bicyclic) bond motifs is 1. The molecular weight excluding hydrogens is 354 g/mol. The highest BCUT2D eigenvalue weighted by molar-refractivity contribution is 5.76. The van der Waals surface area contributed by atoms with Gasteiger partial charge in [-0.15, -0.1) is 0 Å². The summed E-state index contributed by atoms with van der Waals surface area (Å²) in [6.07, 6.45) is 2.57. The Morgan fingerprint density at radius 3 is 2.57 bits per heavy atom. The molecule has 0 bridgehead atoms. The summed E-state index contributed by atoms with van der Waals surface area (Å²) in [5.41, 5.74) is 2.15. The second-order valence-electron chi connectivity index (χ2n) is 6.63. The lowest BCUT2D eigenvalue weighted by Gasteiger charge is -2.11. The number of nitrogens with one attached hydrogen (secondary N) is 1. The number of hydrogen-bond acceptors (Lipinski definition) is 4. The van der Waals surface area contributed by atoms with E-state index in [0.29, 0.717) is 13.2 Å². The van der Waals surface area contributed by atoms with Gasteiger partial charge < -0.3 is 19.4 Å². The highest BCUT2D eigenvalue weighted by atomic mass is 16.5. The van der Waals surface area contributed by atoms with Crippen molar-refractivity contribution >= 4 is 16.9 Å². The van der Waals surface area contributed by atoms with Crippen molar-refractivity contribution in [1.82, 2.24) is 14.9 Å². The molecule has 0 saturated carbocycles. The molecule has 2 aromatic carbocycles. The summed E-state index contributed by atoms with van der Waals surface area (Å²) >= 11 is 0. The van der Waals surface area contributed by atoms with Gasteiger partial charge in [-0.1, -0.05) is 12.1 Å². The maximum atomic E-state index is 11.0. The standard InChI is InChI=1S/C22H27N3O3/c1-17(26)23-14-5-9-22-24-20-7-3-4-8-21(20)25(22)15-6-16-28-19-12-10-18(27-2)11-13-19/h3-4,7-8,10-13H,5-6,9,14-16H2,1-2H3,(H,23,26). The summed E-state index contributed by atoms with van der Waals surface area (Å²) in [5.74, 6) is 2.72.